The first kappa shape index (κ1) is 16.9. The van der Waals surface area contributed by atoms with Crippen molar-refractivity contribution in [2.75, 3.05) is 6.61 Å². The number of aliphatic hydroxyl groups is 1. The highest BCUT2D eigenvalue weighted by Crippen LogP contribution is 2.26. The fraction of sp³-hybridized carbons (Fsp3) is 0.588. The second-order valence-corrected chi connectivity index (χ2v) is 5.97. The topological polar surface area (TPSA) is 58.6 Å². The molecule has 1 aromatic carbocycles. The summed E-state index contributed by atoms with van der Waals surface area (Å²) in [6.07, 6.45) is 4.76. The third-order valence-electron chi connectivity index (χ3n) is 4.23. The number of halogens is 1. The standard InChI is InChI=1S/C17H24FNO3/c1-12-4-2-3-5-16(12)22-11-17(21)19-9-13-6-7-15(18)14(8-13)10-20/h6-8,12,16,20H,2-5,9-11H2,1H3,(H,19,21). The number of ether oxygens (including phenoxy) is 1. The van der Waals surface area contributed by atoms with Gasteiger partial charge in [-0.2, -0.15) is 0 Å². The molecular weight excluding hydrogens is 285 g/mol. The number of carbonyl (C=O) groups excluding carboxylic acids is 1. The van der Waals surface area contributed by atoms with Crippen LogP contribution in [0.2, 0.25) is 0 Å². The number of nitrogens with one attached hydrogen (secondary N) is 1. The zero-order chi connectivity index (χ0) is 15.9. The summed E-state index contributed by atoms with van der Waals surface area (Å²) in [5, 5.41) is 11.8. The molecule has 0 heterocycles. The van der Waals surface area contributed by atoms with E-state index in [1.165, 1.54) is 12.5 Å². The van der Waals surface area contributed by atoms with Crippen LogP contribution in [0.3, 0.4) is 0 Å². The number of hydrogen-bond donors (Lipinski definition) is 2. The van der Waals surface area contributed by atoms with Gasteiger partial charge in [0, 0.05) is 12.1 Å². The van der Waals surface area contributed by atoms with Crippen molar-refractivity contribution in [1.82, 2.24) is 5.32 Å². The van der Waals surface area contributed by atoms with Gasteiger partial charge in [-0.3, -0.25) is 4.79 Å². The molecule has 2 unspecified atom stereocenters. The molecule has 2 rings (SSSR count). The minimum atomic E-state index is -0.438. The number of aliphatic hydroxyl groups excluding tert-OH is 1. The van der Waals surface area contributed by atoms with Crippen molar-refractivity contribution in [3.8, 4) is 0 Å². The molecule has 22 heavy (non-hydrogen) atoms. The van der Waals surface area contributed by atoms with Crippen molar-refractivity contribution in [3.05, 3.63) is 35.1 Å². The SMILES string of the molecule is CC1CCCCC1OCC(=O)NCc1ccc(F)c(CO)c1. The third kappa shape index (κ3) is 4.78. The molecule has 1 saturated carbocycles. The van der Waals surface area contributed by atoms with Gasteiger partial charge in [0.15, 0.2) is 0 Å². The molecule has 0 radical (unpaired) electrons. The second kappa shape index (κ2) is 8.25. The Morgan fingerprint density at radius 2 is 2.18 bits per heavy atom. The van der Waals surface area contributed by atoms with Crippen LogP contribution in [0.4, 0.5) is 4.39 Å². The van der Waals surface area contributed by atoms with Crippen LogP contribution in [0.5, 0.6) is 0 Å². The predicted octanol–water partition coefficient (Wildman–Crippen LogP) is 2.53. The molecule has 0 bridgehead atoms. The number of hydrogen-bond acceptors (Lipinski definition) is 3. The van der Waals surface area contributed by atoms with Gasteiger partial charge in [-0.1, -0.05) is 25.8 Å². The highest BCUT2D eigenvalue weighted by Gasteiger charge is 2.22. The Labute approximate surface area is 130 Å². The van der Waals surface area contributed by atoms with E-state index >= 15 is 0 Å². The van der Waals surface area contributed by atoms with E-state index in [1.807, 2.05) is 0 Å². The Hall–Kier alpha value is -1.46. The second-order valence-electron chi connectivity index (χ2n) is 5.97. The maximum absolute atomic E-state index is 13.3. The van der Waals surface area contributed by atoms with Crippen LogP contribution in [0.15, 0.2) is 18.2 Å². The van der Waals surface area contributed by atoms with Crippen LogP contribution in [0.25, 0.3) is 0 Å². The summed E-state index contributed by atoms with van der Waals surface area (Å²) in [5.74, 6) is -0.106. The Morgan fingerprint density at radius 3 is 2.91 bits per heavy atom. The molecular formula is C17H24FNO3. The highest BCUT2D eigenvalue weighted by atomic mass is 19.1. The van der Waals surface area contributed by atoms with E-state index in [1.54, 1.807) is 12.1 Å². The van der Waals surface area contributed by atoms with Crippen LogP contribution in [-0.2, 0) is 22.7 Å². The highest BCUT2D eigenvalue weighted by molar-refractivity contribution is 5.77. The summed E-state index contributed by atoms with van der Waals surface area (Å²) >= 11 is 0. The minimum Gasteiger partial charge on any atom is -0.392 e. The Morgan fingerprint density at radius 1 is 1.41 bits per heavy atom. The fourth-order valence-electron chi connectivity index (χ4n) is 2.82. The van der Waals surface area contributed by atoms with Gasteiger partial charge in [-0.05, 0) is 36.5 Å². The van der Waals surface area contributed by atoms with E-state index in [-0.39, 0.29) is 30.8 Å². The smallest absolute Gasteiger partial charge is 0.246 e. The summed E-state index contributed by atoms with van der Waals surface area (Å²) in [4.78, 5) is 11.8. The van der Waals surface area contributed by atoms with Crippen LogP contribution in [0.1, 0.15) is 43.7 Å². The average Bonchev–Trinajstić information content (AvgIpc) is 2.53. The van der Waals surface area contributed by atoms with Crippen molar-refractivity contribution < 1.29 is 19.0 Å². The monoisotopic (exact) mass is 309 g/mol. The van der Waals surface area contributed by atoms with E-state index < -0.39 is 5.82 Å². The Kier molecular flexibility index (Phi) is 6.34. The van der Waals surface area contributed by atoms with E-state index in [0.29, 0.717) is 12.5 Å². The maximum Gasteiger partial charge on any atom is 0.246 e. The average molecular weight is 309 g/mol. The van der Waals surface area contributed by atoms with E-state index in [2.05, 4.69) is 12.2 Å². The first-order valence-corrected chi connectivity index (χ1v) is 7.86. The summed E-state index contributed by atoms with van der Waals surface area (Å²) in [6, 6.07) is 4.45. The van der Waals surface area contributed by atoms with Crippen LogP contribution >= 0.6 is 0 Å². The molecule has 1 aliphatic carbocycles. The van der Waals surface area contributed by atoms with Gasteiger partial charge in [-0.25, -0.2) is 4.39 Å². The van der Waals surface area contributed by atoms with Gasteiger partial charge in [0.05, 0.1) is 12.7 Å². The molecule has 0 aromatic heterocycles. The molecule has 122 valence electrons. The Balaban J connectivity index is 1.75. The van der Waals surface area contributed by atoms with Crippen molar-refractivity contribution >= 4 is 5.91 Å². The fourth-order valence-corrected chi connectivity index (χ4v) is 2.82. The van der Waals surface area contributed by atoms with Crippen molar-refractivity contribution in [2.45, 2.75) is 51.9 Å². The molecule has 0 spiro atoms. The number of rotatable bonds is 6. The molecule has 4 nitrogen and oxygen atoms in total. The zero-order valence-electron chi connectivity index (χ0n) is 13.0. The molecule has 1 aliphatic rings. The lowest BCUT2D eigenvalue weighted by Crippen LogP contribution is -2.32. The van der Waals surface area contributed by atoms with Gasteiger partial charge < -0.3 is 15.2 Å². The van der Waals surface area contributed by atoms with Gasteiger partial charge in [0.2, 0.25) is 5.91 Å². The summed E-state index contributed by atoms with van der Waals surface area (Å²) < 4.78 is 19.0. The number of amides is 1. The summed E-state index contributed by atoms with van der Waals surface area (Å²) in [6.45, 7) is 2.17. The molecule has 2 N–H and O–H groups in total. The minimum absolute atomic E-state index is 0.0586. The zero-order valence-corrected chi connectivity index (χ0v) is 13.0. The largest absolute Gasteiger partial charge is 0.392 e. The first-order valence-electron chi connectivity index (χ1n) is 7.86. The van der Waals surface area contributed by atoms with Crippen LogP contribution in [-0.4, -0.2) is 23.7 Å². The lowest BCUT2D eigenvalue weighted by Gasteiger charge is -2.28. The van der Waals surface area contributed by atoms with E-state index in [9.17, 15) is 9.18 Å². The van der Waals surface area contributed by atoms with Crippen LogP contribution in [0, 0.1) is 11.7 Å². The maximum atomic E-state index is 13.3. The van der Waals surface area contributed by atoms with Gasteiger partial charge in [0.1, 0.15) is 12.4 Å². The molecule has 0 aliphatic heterocycles. The molecule has 2 atom stereocenters. The van der Waals surface area contributed by atoms with E-state index in [0.717, 1.165) is 24.8 Å². The predicted molar refractivity (Wildman–Crippen MR) is 81.5 cm³/mol. The van der Waals surface area contributed by atoms with Gasteiger partial charge >= 0.3 is 0 Å². The molecule has 1 aromatic rings. The molecule has 1 fully saturated rings. The summed E-state index contributed by atoms with van der Waals surface area (Å²) in [5.41, 5.74) is 0.990. The summed E-state index contributed by atoms with van der Waals surface area (Å²) in [7, 11) is 0. The van der Waals surface area contributed by atoms with Gasteiger partial charge in [0.25, 0.3) is 0 Å². The van der Waals surface area contributed by atoms with Crippen molar-refractivity contribution in [3.63, 3.8) is 0 Å². The van der Waals surface area contributed by atoms with Crippen LogP contribution < -0.4 is 5.32 Å². The number of benzene rings is 1. The lowest BCUT2D eigenvalue weighted by molar-refractivity contribution is -0.129. The van der Waals surface area contributed by atoms with Crippen molar-refractivity contribution in [1.29, 1.82) is 0 Å². The van der Waals surface area contributed by atoms with Gasteiger partial charge in [-0.15, -0.1) is 0 Å². The normalized spacial score (nSPS) is 21.6. The molecule has 5 heteroatoms. The quantitative estimate of drug-likeness (QED) is 0.849. The van der Waals surface area contributed by atoms with E-state index in [4.69, 9.17) is 9.84 Å². The number of carbonyl (C=O) groups is 1. The molecule has 1 amide bonds. The Bertz CT molecular complexity index is 507. The third-order valence-corrected chi connectivity index (χ3v) is 4.23. The lowest BCUT2D eigenvalue weighted by atomic mass is 9.88. The van der Waals surface area contributed by atoms with Crippen molar-refractivity contribution in [2.24, 2.45) is 5.92 Å². The first-order chi connectivity index (χ1) is 10.6. The molecule has 0 saturated heterocycles.